The maximum atomic E-state index is 12.1. The lowest BCUT2D eigenvalue weighted by molar-refractivity contribution is -0.117. The maximum absolute atomic E-state index is 12.1. The SMILES string of the molecule is O=C1CC(Cc2ncccc2O)CN1c1ccccc1. The zero-order valence-electron chi connectivity index (χ0n) is 11.1. The van der Waals surface area contributed by atoms with Crippen molar-refractivity contribution in [2.45, 2.75) is 12.8 Å². The van der Waals surface area contributed by atoms with E-state index in [4.69, 9.17) is 0 Å². The summed E-state index contributed by atoms with van der Waals surface area (Å²) in [7, 11) is 0. The summed E-state index contributed by atoms with van der Waals surface area (Å²) in [6.07, 6.45) is 2.80. The van der Waals surface area contributed by atoms with Crippen molar-refractivity contribution in [3.63, 3.8) is 0 Å². The summed E-state index contributed by atoms with van der Waals surface area (Å²) in [5.41, 5.74) is 1.60. The molecule has 20 heavy (non-hydrogen) atoms. The van der Waals surface area contributed by atoms with Gasteiger partial charge in [-0.15, -0.1) is 0 Å². The van der Waals surface area contributed by atoms with E-state index in [9.17, 15) is 9.90 Å². The van der Waals surface area contributed by atoms with Crippen LogP contribution in [0.25, 0.3) is 0 Å². The fourth-order valence-electron chi connectivity index (χ4n) is 2.64. The van der Waals surface area contributed by atoms with E-state index >= 15 is 0 Å². The molecule has 0 radical (unpaired) electrons. The molecule has 1 saturated heterocycles. The molecule has 1 aromatic carbocycles. The van der Waals surface area contributed by atoms with Crippen LogP contribution in [0.4, 0.5) is 5.69 Å². The quantitative estimate of drug-likeness (QED) is 0.930. The molecular weight excluding hydrogens is 252 g/mol. The number of aromatic nitrogens is 1. The van der Waals surface area contributed by atoms with Crippen molar-refractivity contribution in [1.29, 1.82) is 0 Å². The number of benzene rings is 1. The van der Waals surface area contributed by atoms with E-state index in [1.807, 2.05) is 35.2 Å². The second kappa shape index (κ2) is 5.33. The maximum Gasteiger partial charge on any atom is 0.227 e. The van der Waals surface area contributed by atoms with Crippen LogP contribution < -0.4 is 4.90 Å². The standard InChI is InChI=1S/C16H16N2O2/c19-15-7-4-8-17-14(15)9-12-10-16(20)18(11-12)13-5-2-1-3-6-13/h1-8,12,19H,9-11H2. The highest BCUT2D eigenvalue weighted by Gasteiger charge is 2.31. The second-order valence-corrected chi connectivity index (χ2v) is 5.08. The molecule has 1 aliphatic heterocycles. The van der Waals surface area contributed by atoms with Crippen molar-refractivity contribution in [2.75, 3.05) is 11.4 Å². The van der Waals surface area contributed by atoms with Crippen molar-refractivity contribution >= 4 is 11.6 Å². The molecule has 0 aliphatic carbocycles. The first-order valence-electron chi connectivity index (χ1n) is 6.72. The average Bonchev–Trinajstić information content (AvgIpc) is 2.83. The van der Waals surface area contributed by atoms with Gasteiger partial charge in [-0.1, -0.05) is 18.2 Å². The van der Waals surface area contributed by atoms with Gasteiger partial charge in [-0.2, -0.15) is 0 Å². The Bertz CT molecular complexity index is 613. The Balaban J connectivity index is 1.73. The van der Waals surface area contributed by atoms with Crippen LogP contribution >= 0.6 is 0 Å². The van der Waals surface area contributed by atoms with E-state index in [0.29, 0.717) is 25.1 Å². The van der Waals surface area contributed by atoms with Crippen molar-refractivity contribution in [3.05, 3.63) is 54.4 Å². The Hall–Kier alpha value is -2.36. The smallest absolute Gasteiger partial charge is 0.227 e. The highest BCUT2D eigenvalue weighted by molar-refractivity contribution is 5.95. The topological polar surface area (TPSA) is 53.4 Å². The minimum Gasteiger partial charge on any atom is -0.506 e. The molecule has 1 aromatic heterocycles. The molecule has 0 spiro atoms. The highest BCUT2D eigenvalue weighted by Crippen LogP contribution is 2.28. The number of para-hydroxylation sites is 1. The third-order valence-electron chi connectivity index (χ3n) is 3.62. The van der Waals surface area contributed by atoms with Gasteiger partial charge < -0.3 is 10.0 Å². The van der Waals surface area contributed by atoms with Crippen molar-refractivity contribution in [1.82, 2.24) is 4.98 Å². The summed E-state index contributed by atoms with van der Waals surface area (Å²) in [5, 5.41) is 9.76. The normalized spacial score (nSPS) is 18.5. The van der Waals surface area contributed by atoms with Gasteiger partial charge in [0.2, 0.25) is 5.91 Å². The fourth-order valence-corrected chi connectivity index (χ4v) is 2.64. The van der Waals surface area contributed by atoms with Crippen LogP contribution in [-0.2, 0) is 11.2 Å². The zero-order chi connectivity index (χ0) is 13.9. The largest absolute Gasteiger partial charge is 0.506 e. The van der Waals surface area contributed by atoms with E-state index in [-0.39, 0.29) is 17.6 Å². The minimum absolute atomic E-state index is 0.136. The minimum atomic E-state index is 0.136. The van der Waals surface area contributed by atoms with Crippen molar-refractivity contribution < 1.29 is 9.90 Å². The molecule has 1 amide bonds. The third kappa shape index (κ3) is 2.50. The van der Waals surface area contributed by atoms with Gasteiger partial charge in [-0.25, -0.2) is 0 Å². The summed E-state index contributed by atoms with van der Waals surface area (Å²) < 4.78 is 0. The Labute approximate surface area is 117 Å². The highest BCUT2D eigenvalue weighted by atomic mass is 16.3. The van der Waals surface area contributed by atoms with E-state index in [1.165, 1.54) is 0 Å². The molecule has 3 rings (SSSR count). The molecule has 102 valence electrons. The van der Waals surface area contributed by atoms with Crippen LogP contribution in [0.15, 0.2) is 48.7 Å². The van der Waals surface area contributed by atoms with E-state index in [2.05, 4.69) is 4.98 Å². The van der Waals surface area contributed by atoms with Gasteiger partial charge in [0.1, 0.15) is 5.75 Å². The number of pyridine rings is 1. The van der Waals surface area contributed by atoms with Crippen LogP contribution in [0.3, 0.4) is 0 Å². The Morgan fingerprint density at radius 2 is 2.00 bits per heavy atom. The third-order valence-corrected chi connectivity index (χ3v) is 3.62. The van der Waals surface area contributed by atoms with Crippen LogP contribution in [0.1, 0.15) is 12.1 Å². The molecule has 4 heteroatoms. The molecule has 4 nitrogen and oxygen atoms in total. The Morgan fingerprint density at radius 1 is 1.20 bits per heavy atom. The zero-order valence-corrected chi connectivity index (χ0v) is 11.1. The summed E-state index contributed by atoms with van der Waals surface area (Å²) >= 11 is 0. The van der Waals surface area contributed by atoms with Gasteiger partial charge >= 0.3 is 0 Å². The van der Waals surface area contributed by atoms with Gasteiger partial charge in [-0.3, -0.25) is 9.78 Å². The number of rotatable bonds is 3. The van der Waals surface area contributed by atoms with Crippen LogP contribution in [0, 0.1) is 5.92 Å². The predicted octanol–water partition coefficient (Wildman–Crippen LogP) is 2.38. The van der Waals surface area contributed by atoms with Gasteiger partial charge in [0.15, 0.2) is 0 Å². The molecule has 1 fully saturated rings. The summed E-state index contributed by atoms with van der Waals surface area (Å²) in [4.78, 5) is 18.1. The first-order chi connectivity index (χ1) is 9.74. The molecule has 0 saturated carbocycles. The average molecular weight is 268 g/mol. The Morgan fingerprint density at radius 3 is 2.75 bits per heavy atom. The Kier molecular flexibility index (Phi) is 3.37. The lowest BCUT2D eigenvalue weighted by Gasteiger charge is -2.16. The van der Waals surface area contributed by atoms with Crippen LogP contribution in [0.2, 0.25) is 0 Å². The van der Waals surface area contributed by atoms with Crippen LogP contribution in [0.5, 0.6) is 5.75 Å². The van der Waals surface area contributed by atoms with Crippen molar-refractivity contribution in [3.8, 4) is 5.75 Å². The number of carbonyl (C=O) groups is 1. The van der Waals surface area contributed by atoms with Crippen LogP contribution in [-0.4, -0.2) is 22.5 Å². The lowest BCUT2D eigenvalue weighted by atomic mass is 10.0. The molecule has 1 unspecified atom stereocenters. The molecule has 1 N–H and O–H groups in total. The number of aromatic hydroxyl groups is 1. The summed E-state index contributed by atoms with van der Waals surface area (Å²) in [6, 6.07) is 13.0. The second-order valence-electron chi connectivity index (χ2n) is 5.08. The number of hydrogen-bond donors (Lipinski definition) is 1. The number of carbonyl (C=O) groups excluding carboxylic acids is 1. The molecule has 1 aliphatic rings. The van der Waals surface area contributed by atoms with E-state index in [0.717, 1.165) is 5.69 Å². The lowest BCUT2D eigenvalue weighted by Crippen LogP contribution is -2.24. The molecule has 2 heterocycles. The first kappa shape index (κ1) is 12.7. The molecular formula is C16H16N2O2. The summed E-state index contributed by atoms with van der Waals surface area (Å²) in [6.45, 7) is 0.679. The fraction of sp³-hybridized carbons (Fsp3) is 0.250. The van der Waals surface area contributed by atoms with E-state index < -0.39 is 0 Å². The molecule has 2 aromatic rings. The van der Waals surface area contributed by atoms with Gasteiger partial charge in [-0.05, 0) is 36.6 Å². The van der Waals surface area contributed by atoms with Crippen molar-refractivity contribution in [2.24, 2.45) is 5.92 Å². The van der Waals surface area contributed by atoms with Gasteiger partial charge in [0.05, 0.1) is 5.69 Å². The number of hydrogen-bond acceptors (Lipinski definition) is 3. The van der Waals surface area contributed by atoms with Gasteiger partial charge in [0, 0.05) is 24.8 Å². The number of anilines is 1. The number of nitrogens with zero attached hydrogens (tertiary/aromatic N) is 2. The van der Waals surface area contributed by atoms with Gasteiger partial charge in [0.25, 0.3) is 0 Å². The predicted molar refractivity (Wildman–Crippen MR) is 76.5 cm³/mol. The monoisotopic (exact) mass is 268 g/mol. The van der Waals surface area contributed by atoms with E-state index in [1.54, 1.807) is 18.3 Å². The molecule has 1 atom stereocenters. The molecule has 0 bridgehead atoms. The number of amides is 1. The first-order valence-corrected chi connectivity index (χ1v) is 6.72. The summed E-state index contributed by atoms with van der Waals surface area (Å²) in [5.74, 6) is 0.540.